The van der Waals surface area contributed by atoms with Gasteiger partial charge in [0, 0.05) is 18.0 Å². The third-order valence-corrected chi connectivity index (χ3v) is 7.14. The molecule has 6 nitrogen and oxygen atoms in total. The third-order valence-electron chi connectivity index (χ3n) is 3.86. The number of hydrogen-bond donors (Lipinski definition) is 2. The molecule has 0 radical (unpaired) electrons. The van der Waals surface area contributed by atoms with Crippen molar-refractivity contribution in [1.29, 1.82) is 0 Å². The van der Waals surface area contributed by atoms with Gasteiger partial charge in [-0.25, -0.2) is 10.2 Å². The van der Waals surface area contributed by atoms with E-state index in [1.165, 1.54) is 0 Å². The lowest BCUT2D eigenvalue weighted by molar-refractivity contribution is -0.129. The number of rotatable bonds is 6. The smallest absolute Gasteiger partial charge is 0.257 e. The Morgan fingerprint density at radius 1 is 1.35 bits per heavy atom. The molecule has 2 rings (SSSR count). The van der Waals surface area contributed by atoms with E-state index in [2.05, 4.69) is 13.8 Å². The lowest BCUT2D eigenvalue weighted by atomic mass is 10.2. The summed E-state index contributed by atoms with van der Waals surface area (Å²) in [6, 6.07) is 7.31. The molecule has 1 heterocycles. The topological polar surface area (TPSA) is 78.9 Å². The summed E-state index contributed by atoms with van der Waals surface area (Å²) in [4.78, 5) is 11.5. The van der Waals surface area contributed by atoms with Crippen molar-refractivity contribution in [3.63, 3.8) is 0 Å². The number of hydroxylamine groups is 1. The molecule has 1 aromatic carbocycles. The van der Waals surface area contributed by atoms with Gasteiger partial charge in [0.15, 0.2) is 7.29 Å². The van der Waals surface area contributed by atoms with Gasteiger partial charge in [0.05, 0.1) is 13.2 Å². The molecule has 1 atom stereocenters. The number of carbonyl (C=O) groups is 1. The van der Waals surface area contributed by atoms with Crippen molar-refractivity contribution in [2.45, 2.75) is 26.7 Å². The molecule has 1 unspecified atom stereocenters. The molecule has 0 spiro atoms. The van der Waals surface area contributed by atoms with Crippen LogP contribution in [0.25, 0.3) is 0 Å². The first kappa shape index (κ1) is 18.0. The average Bonchev–Trinajstić information content (AvgIpc) is 2.55. The van der Waals surface area contributed by atoms with Gasteiger partial charge in [-0.2, -0.15) is 0 Å². The van der Waals surface area contributed by atoms with Gasteiger partial charge in [-0.1, -0.05) is 13.8 Å². The Morgan fingerprint density at radius 2 is 2.04 bits per heavy atom. The third kappa shape index (κ3) is 4.56. The van der Waals surface area contributed by atoms with Crippen molar-refractivity contribution in [1.82, 2.24) is 10.2 Å². The van der Waals surface area contributed by atoms with E-state index in [9.17, 15) is 9.36 Å². The van der Waals surface area contributed by atoms with E-state index < -0.39 is 13.2 Å². The summed E-state index contributed by atoms with van der Waals surface area (Å²) in [6.45, 7) is 5.34. The minimum Gasteiger partial charge on any atom is -0.493 e. The summed E-state index contributed by atoms with van der Waals surface area (Å²) in [5.41, 5.74) is 1.62. The predicted octanol–water partition coefficient (Wildman–Crippen LogP) is 2.23. The zero-order valence-electron chi connectivity index (χ0n) is 13.7. The molecule has 0 bridgehead atoms. The molecule has 1 saturated heterocycles. The lowest BCUT2D eigenvalue weighted by Gasteiger charge is -2.35. The van der Waals surface area contributed by atoms with Gasteiger partial charge in [0.1, 0.15) is 5.75 Å². The van der Waals surface area contributed by atoms with Crippen molar-refractivity contribution in [3.8, 4) is 5.75 Å². The van der Waals surface area contributed by atoms with Gasteiger partial charge in [0.2, 0.25) is 0 Å². The molecule has 128 valence electrons. The van der Waals surface area contributed by atoms with Crippen LogP contribution in [0.4, 0.5) is 0 Å². The quantitative estimate of drug-likeness (QED) is 0.472. The van der Waals surface area contributed by atoms with Crippen LogP contribution in [0, 0.1) is 5.92 Å². The van der Waals surface area contributed by atoms with Crippen LogP contribution in [0.5, 0.6) is 5.75 Å². The van der Waals surface area contributed by atoms with Crippen LogP contribution >= 0.6 is 7.29 Å². The van der Waals surface area contributed by atoms with Crippen molar-refractivity contribution < 1.29 is 19.3 Å². The minimum absolute atomic E-state index is 0.0562. The second-order valence-corrected chi connectivity index (χ2v) is 9.19. The maximum absolute atomic E-state index is 13.4. The van der Waals surface area contributed by atoms with Crippen molar-refractivity contribution in [3.05, 3.63) is 24.3 Å². The molecule has 0 saturated carbocycles. The fraction of sp³-hybridized carbons (Fsp3) is 0.562. The maximum Gasteiger partial charge on any atom is 0.257 e. The summed E-state index contributed by atoms with van der Waals surface area (Å²) >= 11 is 0. The molecule has 2 N–H and O–H groups in total. The van der Waals surface area contributed by atoms with E-state index >= 15 is 0 Å². The molecule has 1 aromatic rings. The molecule has 0 aliphatic carbocycles. The fourth-order valence-electron chi connectivity index (χ4n) is 2.65. The lowest BCUT2D eigenvalue weighted by Crippen LogP contribution is -2.39. The number of amides is 1. The van der Waals surface area contributed by atoms with Crippen molar-refractivity contribution in [2.75, 3.05) is 25.9 Å². The van der Waals surface area contributed by atoms with Crippen LogP contribution in [-0.4, -0.2) is 41.6 Å². The number of nitrogens with zero attached hydrogens (tertiary/aromatic N) is 1. The summed E-state index contributed by atoms with van der Waals surface area (Å²) < 4.78 is 20.8. The molecule has 7 heteroatoms. The second kappa shape index (κ2) is 7.95. The van der Waals surface area contributed by atoms with Gasteiger partial charge in [-0.3, -0.25) is 10.0 Å². The molecule has 1 aliphatic heterocycles. The fourth-order valence-corrected chi connectivity index (χ4v) is 5.60. The number of hydrogen-bond acceptors (Lipinski definition) is 4. The summed E-state index contributed by atoms with van der Waals surface area (Å²) in [5.74, 6) is 0.661. The number of nitrogens with one attached hydrogen (secondary N) is 1. The van der Waals surface area contributed by atoms with Crippen LogP contribution in [-0.2, 0) is 9.36 Å². The van der Waals surface area contributed by atoms with Crippen molar-refractivity contribution >= 4 is 18.5 Å². The zero-order chi connectivity index (χ0) is 16.9. The molecular weight excluding hydrogens is 315 g/mol. The molecule has 1 amide bonds. The highest BCUT2D eigenvalue weighted by Gasteiger charge is 2.36. The zero-order valence-corrected chi connectivity index (χ0v) is 14.6. The Hall–Kier alpha value is -1.36. The van der Waals surface area contributed by atoms with Gasteiger partial charge < -0.3 is 9.30 Å². The largest absolute Gasteiger partial charge is 0.493 e. The van der Waals surface area contributed by atoms with Crippen LogP contribution in [0.3, 0.4) is 0 Å². The first-order valence-electron chi connectivity index (χ1n) is 7.96. The highest BCUT2D eigenvalue weighted by Crippen LogP contribution is 2.51. The molecule has 1 fully saturated rings. The molecular formula is C16H25N2O4P. The van der Waals surface area contributed by atoms with Gasteiger partial charge in [-0.15, -0.1) is 0 Å². The number of carbonyl (C=O) groups excluding carboxylic acids is 1. The Morgan fingerprint density at radius 3 is 2.65 bits per heavy atom. The van der Waals surface area contributed by atoms with Crippen LogP contribution in [0.1, 0.15) is 26.7 Å². The van der Waals surface area contributed by atoms with Crippen LogP contribution < -0.4 is 15.5 Å². The molecule has 23 heavy (non-hydrogen) atoms. The average molecular weight is 340 g/mol. The maximum atomic E-state index is 13.4. The van der Waals surface area contributed by atoms with Crippen LogP contribution in [0.2, 0.25) is 0 Å². The summed E-state index contributed by atoms with van der Waals surface area (Å²) in [5, 5.41) is 9.45. The van der Waals surface area contributed by atoms with E-state index in [1.807, 2.05) is 24.3 Å². The van der Waals surface area contributed by atoms with E-state index in [4.69, 9.17) is 9.94 Å². The Kier molecular flexibility index (Phi) is 6.22. The predicted molar refractivity (Wildman–Crippen MR) is 89.6 cm³/mol. The van der Waals surface area contributed by atoms with Gasteiger partial charge in [-0.05, 0) is 43.0 Å². The Bertz CT molecular complexity index is 574. The van der Waals surface area contributed by atoms with Gasteiger partial charge in [0.25, 0.3) is 5.91 Å². The first-order chi connectivity index (χ1) is 11.0. The Labute approximate surface area is 137 Å². The minimum atomic E-state index is -2.80. The van der Waals surface area contributed by atoms with E-state index in [0.29, 0.717) is 25.2 Å². The number of benzene rings is 1. The van der Waals surface area contributed by atoms with Gasteiger partial charge >= 0.3 is 0 Å². The second-order valence-electron chi connectivity index (χ2n) is 6.25. The van der Waals surface area contributed by atoms with Crippen molar-refractivity contribution in [2.24, 2.45) is 5.92 Å². The Balaban J connectivity index is 2.15. The monoisotopic (exact) mass is 340 g/mol. The molecule has 0 aromatic heterocycles. The summed E-state index contributed by atoms with van der Waals surface area (Å²) in [6.07, 6.45) is 2.33. The molecule has 1 aliphatic rings. The first-order valence-corrected chi connectivity index (χ1v) is 9.81. The number of ether oxygens (including phenoxy) is 1. The standard InChI is InChI=1S/C16H25N2O4P/c1-13(2)12-22-14-5-7-15(8-6-14)23(21)10-4-3-9-18(23)11-16(19)17-20/h5-8,13,20H,3-4,9-12H2,1-2H3,(H,17,19). The SMILES string of the molecule is CC(C)COc1ccc(P2(=O)CCCCN2CC(=O)NO)cc1. The summed E-state index contributed by atoms with van der Waals surface area (Å²) in [7, 11) is -2.80. The normalized spacial score (nSPS) is 22.1. The highest BCUT2D eigenvalue weighted by atomic mass is 31.2. The highest BCUT2D eigenvalue weighted by molar-refractivity contribution is 7.69. The van der Waals surface area contributed by atoms with Crippen LogP contribution in [0.15, 0.2) is 24.3 Å². The van der Waals surface area contributed by atoms with E-state index in [1.54, 1.807) is 10.2 Å². The van der Waals surface area contributed by atoms with E-state index in [0.717, 1.165) is 23.9 Å². The van der Waals surface area contributed by atoms with E-state index in [-0.39, 0.29) is 6.54 Å².